The fourth-order valence-corrected chi connectivity index (χ4v) is 3.51. The van der Waals surface area contributed by atoms with Crippen LogP contribution in [0.3, 0.4) is 0 Å². The molecule has 0 aromatic carbocycles. The molecule has 17 heavy (non-hydrogen) atoms. The highest BCUT2D eigenvalue weighted by Crippen LogP contribution is 2.51. The summed E-state index contributed by atoms with van der Waals surface area (Å²) in [6, 6.07) is 0. The predicted molar refractivity (Wildman–Crippen MR) is 60.9 cm³/mol. The number of ether oxygens (including phenoxy) is 2. The van der Waals surface area contributed by atoms with Gasteiger partial charge in [0.05, 0.1) is 0 Å². The molecular formula is C13H22O4. The molecule has 0 aliphatic carbocycles. The molecule has 0 saturated carbocycles. The van der Waals surface area contributed by atoms with Crippen LogP contribution in [0.15, 0.2) is 0 Å². The summed E-state index contributed by atoms with van der Waals surface area (Å²) in [6.07, 6.45) is 3.68. The zero-order valence-electron chi connectivity index (χ0n) is 10.9. The van der Waals surface area contributed by atoms with E-state index in [9.17, 15) is 0 Å². The van der Waals surface area contributed by atoms with E-state index in [0.717, 1.165) is 32.3 Å². The third-order valence-electron chi connectivity index (χ3n) is 4.45. The second kappa shape index (κ2) is 3.92. The molecule has 2 bridgehead atoms. The average molecular weight is 242 g/mol. The van der Waals surface area contributed by atoms with Crippen molar-refractivity contribution in [2.75, 3.05) is 6.61 Å². The minimum atomic E-state index is -0.630. The van der Waals surface area contributed by atoms with Gasteiger partial charge in [-0.3, -0.25) is 0 Å². The topological polar surface area (TPSA) is 36.9 Å². The minimum absolute atomic E-state index is 0.259. The Bertz CT molecular complexity index is 306. The van der Waals surface area contributed by atoms with E-state index in [4.69, 9.17) is 19.2 Å². The van der Waals surface area contributed by atoms with Gasteiger partial charge in [-0.05, 0) is 38.0 Å². The second-order valence-electron chi connectivity index (χ2n) is 6.07. The summed E-state index contributed by atoms with van der Waals surface area (Å²) in [6.45, 7) is 7.19. The quantitative estimate of drug-likeness (QED) is 0.662. The lowest BCUT2D eigenvalue weighted by Crippen LogP contribution is -2.61. The molecule has 98 valence electrons. The van der Waals surface area contributed by atoms with Crippen LogP contribution in [0.2, 0.25) is 0 Å². The van der Waals surface area contributed by atoms with Crippen molar-refractivity contribution in [2.24, 2.45) is 11.8 Å². The maximum Gasteiger partial charge on any atom is 0.201 e. The normalized spacial score (nSPS) is 50.1. The highest BCUT2D eigenvalue weighted by atomic mass is 17.3. The van der Waals surface area contributed by atoms with Crippen LogP contribution in [0.5, 0.6) is 0 Å². The Hall–Kier alpha value is -0.160. The molecule has 4 fully saturated rings. The summed E-state index contributed by atoms with van der Waals surface area (Å²) in [4.78, 5) is 11.3. The van der Waals surface area contributed by atoms with E-state index in [1.54, 1.807) is 0 Å². The van der Waals surface area contributed by atoms with Crippen LogP contribution in [0.1, 0.15) is 46.5 Å². The fourth-order valence-electron chi connectivity index (χ4n) is 3.51. The molecule has 4 aliphatic rings. The first-order valence-electron chi connectivity index (χ1n) is 6.72. The van der Waals surface area contributed by atoms with Crippen LogP contribution in [-0.4, -0.2) is 24.3 Å². The van der Waals surface area contributed by atoms with Crippen LogP contribution < -0.4 is 0 Å². The van der Waals surface area contributed by atoms with E-state index in [-0.39, 0.29) is 11.9 Å². The van der Waals surface area contributed by atoms with Crippen molar-refractivity contribution in [3.8, 4) is 0 Å². The molecule has 0 aromatic heterocycles. The molecule has 0 aromatic rings. The zero-order chi connectivity index (χ0) is 12.1. The monoisotopic (exact) mass is 242 g/mol. The highest BCUT2D eigenvalue weighted by molar-refractivity contribution is 4.99. The van der Waals surface area contributed by atoms with Crippen LogP contribution >= 0.6 is 0 Å². The van der Waals surface area contributed by atoms with E-state index >= 15 is 0 Å². The first-order valence-corrected chi connectivity index (χ1v) is 6.72. The smallest absolute Gasteiger partial charge is 0.201 e. The Morgan fingerprint density at radius 3 is 2.76 bits per heavy atom. The minimum Gasteiger partial charge on any atom is -0.349 e. The average Bonchev–Trinajstić information content (AvgIpc) is 2.50. The standard InChI is InChI=1S/C13H22O4/c1-9(2)10-5-7-12(3)15-11-13(10,17-16-12)6-4-8-14-11/h9-11H,4-8H2,1-3H3/t10-,11-,12+,13-/m0/s1. The van der Waals surface area contributed by atoms with Crippen LogP contribution in [-0.2, 0) is 19.2 Å². The molecule has 4 heterocycles. The van der Waals surface area contributed by atoms with Crippen molar-refractivity contribution < 1.29 is 19.2 Å². The third kappa shape index (κ3) is 1.73. The number of rotatable bonds is 1. The van der Waals surface area contributed by atoms with Crippen molar-refractivity contribution in [3.63, 3.8) is 0 Å². The van der Waals surface area contributed by atoms with E-state index in [1.807, 2.05) is 6.92 Å². The summed E-state index contributed by atoms with van der Waals surface area (Å²) in [5.41, 5.74) is -0.386. The Balaban J connectivity index is 1.98. The summed E-state index contributed by atoms with van der Waals surface area (Å²) in [7, 11) is 0. The van der Waals surface area contributed by atoms with Gasteiger partial charge in [0.15, 0.2) is 11.9 Å². The molecule has 1 spiro atoms. The van der Waals surface area contributed by atoms with Crippen molar-refractivity contribution in [1.29, 1.82) is 0 Å². The number of hydrogen-bond donors (Lipinski definition) is 0. The fraction of sp³-hybridized carbons (Fsp3) is 1.00. The van der Waals surface area contributed by atoms with Gasteiger partial charge in [0.25, 0.3) is 0 Å². The van der Waals surface area contributed by atoms with Crippen molar-refractivity contribution in [3.05, 3.63) is 0 Å². The number of fused-ring (bicyclic) bond motifs is 3. The maximum atomic E-state index is 6.00. The van der Waals surface area contributed by atoms with Gasteiger partial charge in [0.2, 0.25) is 5.79 Å². The molecule has 0 amide bonds. The van der Waals surface area contributed by atoms with E-state index in [1.165, 1.54) is 0 Å². The third-order valence-corrected chi connectivity index (χ3v) is 4.45. The van der Waals surface area contributed by atoms with Gasteiger partial charge in [-0.2, -0.15) is 0 Å². The second-order valence-corrected chi connectivity index (χ2v) is 6.07. The molecule has 4 rings (SSSR count). The molecule has 4 heteroatoms. The van der Waals surface area contributed by atoms with Gasteiger partial charge < -0.3 is 9.47 Å². The zero-order valence-corrected chi connectivity index (χ0v) is 10.9. The lowest BCUT2D eigenvalue weighted by atomic mass is 9.73. The SMILES string of the molecule is CC(C)[C@@H]1CC[C@@]2(C)OO[C@@]13CCCO[C@H]3O2. The van der Waals surface area contributed by atoms with Gasteiger partial charge in [0, 0.05) is 13.0 Å². The summed E-state index contributed by atoms with van der Waals surface area (Å²) < 4.78 is 11.8. The van der Waals surface area contributed by atoms with Gasteiger partial charge in [0.1, 0.15) is 0 Å². The van der Waals surface area contributed by atoms with Crippen molar-refractivity contribution in [1.82, 2.24) is 0 Å². The van der Waals surface area contributed by atoms with Crippen LogP contribution in [0, 0.1) is 11.8 Å². The summed E-state index contributed by atoms with van der Waals surface area (Å²) >= 11 is 0. The van der Waals surface area contributed by atoms with Gasteiger partial charge in [-0.25, -0.2) is 9.78 Å². The maximum absolute atomic E-state index is 6.00. The lowest BCUT2D eigenvalue weighted by Gasteiger charge is -2.50. The molecule has 4 nitrogen and oxygen atoms in total. The van der Waals surface area contributed by atoms with E-state index < -0.39 is 5.79 Å². The number of hydrogen-bond acceptors (Lipinski definition) is 4. The molecule has 4 saturated heterocycles. The van der Waals surface area contributed by atoms with Gasteiger partial charge >= 0.3 is 0 Å². The lowest BCUT2D eigenvalue weighted by molar-refractivity contribution is -0.554. The molecule has 4 aliphatic heterocycles. The Kier molecular flexibility index (Phi) is 2.74. The summed E-state index contributed by atoms with van der Waals surface area (Å²) in [5, 5.41) is 0. The van der Waals surface area contributed by atoms with Crippen molar-refractivity contribution in [2.45, 2.75) is 64.1 Å². The van der Waals surface area contributed by atoms with Crippen molar-refractivity contribution >= 4 is 0 Å². The van der Waals surface area contributed by atoms with Crippen LogP contribution in [0.25, 0.3) is 0 Å². The molecular weight excluding hydrogens is 220 g/mol. The first-order chi connectivity index (χ1) is 8.06. The molecule has 4 atom stereocenters. The Morgan fingerprint density at radius 2 is 2.00 bits per heavy atom. The van der Waals surface area contributed by atoms with Gasteiger partial charge in [-0.1, -0.05) is 13.8 Å². The first kappa shape index (κ1) is 11.9. The van der Waals surface area contributed by atoms with Crippen LogP contribution in [0.4, 0.5) is 0 Å². The largest absolute Gasteiger partial charge is 0.349 e. The molecule has 0 unspecified atom stereocenters. The van der Waals surface area contributed by atoms with Gasteiger partial charge in [-0.15, -0.1) is 0 Å². The Labute approximate surface area is 102 Å². The predicted octanol–water partition coefficient (Wildman–Crippen LogP) is 2.62. The molecule has 0 radical (unpaired) electrons. The Morgan fingerprint density at radius 1 is 1.18 bits per heavy atom. The molecule has 0 N–H and O–H groups in total. The summed E-state index contributed by atoms with van der Waals surface area (Å²) in [5.74, 6) is 0.360. The highest BCUT2D eigenvalue weighted by Gasteiger charge is 2.61. The van der Waals surface area contributed by atoms with E-state index in [0.29, 0.717) is 11.8 Å². The van der Waals surface area contributed by atoms with E-state index in [2.05, 4.69) is 13.8 Å².